The fraction of sp³-hybridized carbons (Fsp3) is 0.929. The van der Waals surface area contributed by atoms with Crippen LogP contribution < -0.4 is 0 Å². The highest BCUT2D eigenvalue weighted by Crippen LogP contribution is 2.68. The molecule has 9 atom stereocenters. The standard InChI is InChI=1S/C28H48O/c1-7-9-10-19(3)22-11-12-23-25-20(4)17-21-18-28(29,8-2)16-15-26(21,5)24(25)13-14-27(22,23)6/h17,19-20,22-25,29H,7-16,18H2,1-6H3/t19-,20+,22-,23+,24+,25+,26+,27-,28+/m1/s1. The largest absolute Gasteiger partial charge is 0.390 e. The molecule has 0 spiro atoms. The number of allylic oxidation sites excluding steroid dienone is 1. The predicted molar refractivity (Wildman–Crippen MR) is 124 cm³/mol. The molecule has 4 rings (SSSR count). The summed E-state index contributed by atoms with van der Waals surface area (Å²) in [5.74, 6) is 5.18. The minimum atomic E-state index is -0.436. The molecular formula is C28H48O. The van der Waals surface area contributed by atoms with Gasteiger partial charge >= 0.3 is 0 Å². The van der Waals surface area contributed by atoms with Crippen LogP contribution in [0.3, 0.4) is 0 Å². The average molecular weight is 401 g/mol. The van der Waals surface area contributed by atoms with Gasteiger partial charge in [0, 0.05) is 0 Å². The van der Waals surface area contributed by atoms with E-state index in [1.807, 2.05) is 0 Å². The van der Waals surface area contributed by atoms with Crippen LogP contribution in [0.1, 0.15) is 112 Å². The monoisotopic (exact) mass is 400 g/mol. The molecule has 0 saturated heterocycles. The molecule has 1 nitrogen and oxygen atoms in total. The summed E-state index contributed by atoms with van der Waals surface area (Å²) in [7, 11) is 0. The third kappa shape index (κ3) is 3.37. The van der Waals surface area contributed by atoms with Gasteiger partial charge < -0.3 is 5.11 Å². The van der Waals surface area contributed by atoms with E-state index in [2.05, 4.69) is 47.6 Å². The van der Waals surface area contributed by atoms with Crippen LogP contribution in [-0.2, 0) is 0 Å². The Morgan fingerprint density at radius 3 is 2.52 bits per heavy atom. The van der Waals surface area contributed by atoms with Gasteiger partial charge in [-0.2, -0.15) is 0 Å². The van der Waals surface area contributed by atoms with Crippen molar-refractivity contribution in [3.05, 3.63) is 11.6 Å². The van der Waals surface area contributed by atoms with Crippen molar-refractivity contribution in [2.24, 2.45) is 46.3 Å². The molecule has 0 amide bonds. The lowest BCUT2D eigenvalue weighted by Crippen LogP contribution is -2.54. The third-order valence-electron chi connectivity index (χ3n) is 11.0. The van der Waals surface area contributed by atoms with Crippen molar-refractivity contribution in [1.82, 2.24) is 0 Å². The average Bonchev–Trinajstić information content (AvgIpc) is 3.05. The van der Waals surface area contributed by atoms with E-state index >= 15 is 0 Å². The van der Waals surface area contributed by atoms with Gasteiger partial charge in [0.05, 0.1) is 5.60 Å². The SMILES string of the molecule is CCCC[C@@H](C)[C@H]1CC[C@H]2[C@@H]3[C@@H](C)C=C4C[C@](O)(CC)CC[C@]4(C)[C@H]3CC[C@]12C. The van der Waals surface area contributed by atoms with Crippen LogP contribution in [-0.4, -0.2) is 10.7 Å². The highest BCUT2D eigenvalue weighted by atomic mass is 16.3. The van der Waals surface area contributed by atoms with Crippen LogP contribution in [0.5, 0.6) is 0 Å². The van der Waals surface area contributed by atoms with Gasteiger partial charge in [-0.25, -0.2) is 0 Å². The summed E-state index contributed by atoms with van der Waals surface area (Å²) in [6, 6.07) is 0. The van der Waals surface area contributed by atoms with Gasteiger partial charge in [0.2, 0.25) is 0 Å². The van der Waals surface area contributed by atoms with Gasteiger partial charge in [-0.1, -0.05) is 72.5 Å². The maximum absolute atomic E-state index is 11.0. The summed E-state index contributed by atoms with van der Waals surface area (Å²) >= 11 is 0. The van der Waals surface area contributed by atoms with E-state index in [9.17, 15) is 5.11 Å². The molecule has 1 heteroatoms. The summed E-state index contributed by atoms with van der Waals surface area (Å²) in [5.41, 5.74) is 2.11. The molecule has 1 N–H and O–H groups in total. The van der Waals surface area contributed by atoms with Gasteiger partial charge in [-0.05, 0) is 97.7 Å². The Kier molecular flexibility index (Phi) is 5.81. The summed E-state index contributed by atoms with van der Waals surface area (Å²) in [4.78, 5) is 0. The molecule has 29 heavy (non-hydrogen) atoms. The molecule has 0 bridgehead atoms. The first kappa shape index (κ1) is 21.9. The minimum absolute atomic E-state index is 0.353. The van der Waals surface area contributed by atoms with E-state index in [1.54, 1.807) is 5.57 Å². The lowest BCUT2D eigenvalue weighted by molar-refractivity contribution is -0.0879. The zero-order valence-corrected chi connectivity index (χ0v) is 20.3. The highest BCUT2D eigenvalue weighted by Gasteiger charge is 2.61. The second kappa shape index (κ2) is 7.68. The molecular weight excluding hydrogens is 352 g/mol. The molecule has 4 aliphatic rings. The number of hydrogen-bond donors (Lipinski definition) is 1. The summed E-state index contributed by atoms with van der Waals surface area (Å²) in [6.45, 7) is 14.9. The van der Waals surface area contributed by atoms with E-state index in [-0.39, 0.29) is 0 Å². The number of rotatable bonds is 5. The van der Waals surface area contributed by atoms with Crippen LogP contribution in [0.4, 0.5) is 0 Å². The first-order valence-corrected chi connectivity index (χ1v) is 13.1. The molecule has 0 heterocycles. The second-order valence-electron chi connectivity index (χ2n) is 12.4. The molecule has 0 aromatic carbocycles. The van der Waals surface area contributed by atoms with Gasteiger partial charge in [-0.15, -0.1) is 0 Å². The minimum Gasteiger partial charge on any atom is -0.390 e. The molecule has 0 unspecified atom stereocenters. The zero-order valence-electron chi connectivity index (χ0n) is 20.3. The van der Waals surface area contributed by atoms with Crippen molar-refractivity contribution < 1.29 is 5.11 Å². The molecule has 0 aromatic rings. The lowest BCUT2D eigenvalue weighted by Gasteiger charge is -2.61. The van der Waals surface area contributed by atoms with Crippen molar-refractivity contribution in [3.63, 3.8) is 0 Å². The summed E-state index contributed by atoms with van der Waals surface area (Å²) in [6.07, 6.45) is 16.7. The molecule has 3 saturated carbocycles. The predicted octanol–water partition coefficient (Wildman–Crippen LogP) is 7.78. The molecule has 0 aliphatic heterocycles. The Labute approximate surface area is 181 Å². The van der Waals surface area contributed by atoms with Gasteiger partial charge in [0.25, 0.3) is 0 Å². The van der Waals surface area contributed by atoms with E-state index in [0.717, 1.165) is 48.9 Å². The lowest BCUT2D eigenvalue weighted by atomic mass is 9.44. The normalized spacial score (nSPS) is 50.3. The smallest absolute Gasteiger partial charge is 0.0682 e. The molecule has 0 aromatic heterocycles. The van der Waals surface area contributed by atoms with Gasteiger partial charge in [0.1, 0.15) is 0 Å². The van der Waals surface area contributed by atoms with E-state index in [4.69, 9.17) is 0 Å². The van der Waals surface area contributed by atoms with Crippen molar-refractivity contribution in [2.45, 2.75) is 118 Å². The Balaban J connectivity index is 1.61. The third-order valence-corrected chi connectivity index (χ3v) is 11.0. The van der Waals surface area contributed by atoms with Crippen LogP contribution in [0.25, 0.3) is 0 Å². The second-order valence-corrected chi connectivity index (χ2v) is 12.4. The molecule has 3 fully saturated rings. The van der Waals surface area contributed by atoms with Crippen LogP contribution >= 0.6 is 0 Å². The number of hydrogen-bond acceptors (Lipinski definition) is 1. The number of unbranched alkanes of at least 4 members (excludes halogenated alkanes) is 1. The van der Waals surface area contributed by atoms with Crippen molar-refractivity contribution in [2.75, 3.05) is 0 Å². The molecule has 0 radical (unpaired) electrons. The van der Waals surface area contributed by atoms with Crippen molar-refractivity contribution >= 4 is 0 Å². The maximum Gasteiger partial charge on any atom is 0.0682 e. The number of fused-ring (bicyclic) bond motifs is 5. The van der Waals surface area contributed by atoms with Crippen molar-refractivity contribution in [3.8, 4) is 0 Å². The summed E-state index contributed by atoms with van der Waals surface area (Å²) < 4.78 is 0. The van der Waals surface area contributed by atoms with Crippen LogP contribution in [0.15, 0.2) is 11.6 Å². The van der Waals surface area contributed by atoms with Crippen molar-refractivity contribution in [1.29, 1.82) is 0 Å². The topological polar surface area (TPSA) is 20.2 Å². The zero-order chi connectivity index (χ0) is 21.0. The molecule has 166 valence electrons. The number of aliphatic hydroxyl groups is 1. The quantitative estimate of drug-likeness (QED) is 0.467. The Morgan fingerprint density at radius 1 is 1.07 bits per heavy atom. The van der Waals surface area contributed by atoms with Gasteiger partial charge in [-0.3, -0.25) is 0 Å². The summed E-state index contributed by atoms with van der Waals surface area (Å²) in [5, 5.41) is 11.0. The molecule has 4 aliphatic carbocycles. The van der Waals surface area contributed by atoms with E-state index < -0.39 is 5.60 Å². The Hall–Kier alpha value is -0.300. The van der Waals surface area contributed by atoms with E-state index in [0.29, 0.717) is 16.7 Å². The van der Waals surface area contributed by atoms with Crippen LogP contribution in [0, 0.1) is 46.3 Å². The first-order valence-electron chi connectivity index (χ1n) is 13.1. The maximum atomic E-state index is 11.0. The fourth-order valence-corrected chi connectivity index (χ4v) is 9.07. The fourth-order valence-electron chi connectivity index (χ4n) is 9.07. The first-order chi connectivity index (χ1) is 13.7. The van der Waals surface area contributed by atoms with Gasteiger partial charge in [0.15, 0.2) is 0 Å². The Bertz CT molecular complexity index is 636. The Morgan fingerprint density at radius 2 is 1.83 bits per heavy atom. The van der Waals surface area contributed by atoms with E-state index in [1.165, 1.54) is 51.4 Å². The highest BCUT2D eigenvalue weighted by molar-refractivity contribution is 5.28. The van der Waals surface area contributed by atoms with Crippen LogP contribution in [0.2, 0.25) is 0 Å².